The standard InChI is InChI=1S/C9H16N2S/c1-12-6-8-2-4-9(11,7-10)5-3-8/h8H,2-6,11H2,1H3. The van der Waals surface area contributed by atoms with E-state index in [4.69, 9.17) is 11.0 Å². The highest BCUT2D eigenvalue weighted by molar-refractivity contribution is 7.98. The highest BCUT2D eigenvalue weighted by Crippen LogP contribution is 2.31. The molecule has 3 heteroatoms. The maximum atomic E-state index is 8.79. The molecule has 0 aromatic rings. The Bertz CT molecular complexity index is 177. The SMILES string of the molecule is CSCC1CCC(N)(C#N)CC1. The molecule has 0 radical (unpaired) electrons. The minimum Gasteiger partial charge on any atom is -0.313 e. The average Bonchev–Trinajstić information content (AvgIpc) is 2.10. The van der Waals surface area contributed by atoms with Crippen molar-refractivity contribution in [2.24, 2.45) is 11.7 Å². The van der Waals surface area contributed by atoms with Crippen LogP contribution in [0.4, 0.5) is 0 Å². The third-order valence-corrected chi connectivity index (χ3v) is 3.43. The Labute approximate surface area is 78.5 Å². The van der Waals surface area contributed by atoms with Gasteiger partial charge in [-0.25, -0.2) is 0 Å². The number of nitriles is 1. The molecule has 68 valence electrons. The van der Waals surface area contributed by atoms with Crippen molar-refractivity contribution in [1.29, 1.82) is 5.26 Å². The van der Waals surface area contributed by atoms with Crippen molar-refractivity contribution < 1.29 is 0 Å². The molecule has 0 atom stereocenters. The molecular weight excluding hydrogens is 168 g/mol. The molecule has 0 unspecified atom stereocenters. The van der Waals surface area contributed by atoms with E-state index in [9.17, 15) is 0 Å². The quantitative estimate of drug-likeness (QED) is 0.711. The second kappa shape index (κ2) is 4.15. The van der Waals surface area contributed by atoms with Gasteiger partial charge < -0.3 is 5.73 Å². The van der Waals surface area contributed by atoms with Gasteiger partial charge in [-0.05, 0) is 43.6 Å². The van der Waals surface area contributed by atoms with Crippen molar-refractivity contribution in [2.45, 2.75) is 31.2 Å². The van der Waals surface area contributed by atoms with Crippen LogP contribution in [0.3, 0.4) is 0 Å². The first-order chi connectivity index (χ1) is 5.70. The summed E-state index contributed by atoms with van der Waals surface area (Å²) in [6.45, 7) is 0. The Kier molecular flexibility index (Phi) is 3.42. The second-order valence-corrected chi connectivity index (χ2v) is 4.58. The summed E-state index contributed by atoms with van der Waals surface area (Å²) in [4.78, 5) is 0. The molecule has 1 aliphatic carbocycles. The van der Waals surface area contributed by atoms with Gasteiger partial charge in [0, 0.05) is 0 Å². The molecule has 1 rings (SSSR count). The van der Waals surface area contributed by atoms with Crippen LogP contribution in [0.25, 0.3) is 0 Å². The molecule has 0 saturated heterocycles. The lowest BCUT2D eigenvalue weighted by molar-refractivity contribution is 0.300. The van der Waals surface area contributed by atoms with E-state index in [1.807, 2.05) is 11.8 Å². The third-order valence-electron chi connectivity index (χ3n) is 2.62. The van der Waals surface area contributed by atoms with Crippen molar-refractivity contribution in [3.05, 3.63) is 0 Å². The van der Waals surface area contributed by atoms with Crippen LogP contribution in [-0.4, -0.2) is 17.5 Å². The Morgan fingerprint density at radius 3 is 2.58 bits per heavy atom. The van der Waals surface area contributed by atoms with Gasteiger partial charge >= 0.3 is 0 Å². The number of nitrogens with two attached hydrogens (primary N) is 1. The summed E-state index contributed by atoms with van der Waals surface area (Å²) in [6.07, 6.45) is 6.16. The molecule has 2 nitrogen and oxygen atoms in total. The van der Waals surface area contributed by atoms with Crippen molar-refractivity contribution >= 4 is 11.8 Å². The molecule has 0 heterocycles. The zero-order chi connectivity index (χ0) is 9.03. The van der Waals surface area contributed by atoms with Gasteiger partial charge in [0.2, 0.25) is 0 Å². The maximum absolute atomic E-state index is 8.79. The molecule has 1 aliphatic rings. The second-order valence-electron chi connectivity index (χ2n) is 3.67. The molecule has 12 heavy (non-hydrogen) atoms. The van der Waals surface area contributed by atoms with Gasteiger partial charge in [-0.15, -0.1) is 0 Å². The van der Waals surface area contributed by atoms with Gasteiger partial charge in [0.05, 0.1) is 6.07 Å². The summed E-state index contributed by atoms with van der Waals surface area (Å²) in [5.74, 6) is 2.02. The first kappa shape index (κ1) is 9.88. The van der Waals surface area contributed by atoms with Crippen LogP contribution in [0.1, 0.15) is 25.7 Å². The van der Waals surface area contributed by atoms with Crippen molar-refractivity contribution in [3.8, 4) is 6.07 Å². The van der Waals surface area contributed by atoms with Gasteiger partial charge in [-0.3, -0.25) is 0 Å². The Morgan fingerprint density at radius 2 is 2.17 bits per heavy atom. The molecule has 2 N–H and O–H groups in total. The highest BCUT2D eigenvalue weighted by atomic mass is 32.2. The predicted molar refractivity (Wildman–Crippen MR) is 52.9 cm³/mol. The van der Waals surface area contributed by atoms with E-state index in [2.05, 4.69) is 12.3 Å². The van der Waals surface area contributed by atoms with E-state index in [-0.39, 0.29) is 0 Å². The first-order valence-electron chi connectivity index (χ1n) is 4.39. The van der Waals surface area contributed by atoms with Gasteiger partial charge in [-0.2, -0.15) is 17.0 Å². The Hall–Kier alpha value is -0.200. The van der Waals surface area contributed by atoms with Crippen LogP contribution in [-0.2, 0) is 0 Å². The van der Waals surface area contributed by atoms with Crippen molar-refractivity contribution in [1.82, 2.24) is 0 Å². The van der Waals surface area contributed by atoms with E-state index in [1.165, 1.54) is 5.75 Å². The maximum Gasteiger partial charge on any atom is 0.104 e. The Balaban J connectivity index is 2.35. The fourth-order valence-corrected chi connectivity index (χ4v) is 2.51. The molecule has 1 fully saturated rings. The summed E-state index contributed by atoms with van der Waals surface area (Å²) >= 11 is 1.89. The molecule has 0 aliphatic heterocycles. The molecule has 0 aromatic heterocycles. The van der Waals surface area contributed by atoms with E-state index in [0.29, 0.717) is 0 Å². The van der Waals surface area contributed by atoms with E-state index >= 15 is 0 Å². The fraction of sp³-hybridized carbons (Fsp3) is 0.889. The van der Waals surface area contributed by atoms with Crippen LogP contribution in [0.2, 0.25) is 0 Å². The molecular formula is C9H16N2S. The minimum atomic E-state index is -0.505. The predicted octanol–water partition coefficient (Wildman–Crippen LogP) is 1.76. The number of hydrogen-bond acceptors (Lipinski definition) is 3. The summed E-state index contributed by atoms with van der Waals surface area (Å²) in [6, 6.07) is 2.21. The minimum absolute atomic E-state index is 0.505. The van der Waals surface area contributed by atoms with Crippen LogP contribution in [0, 0.1) is 17.2 Å². The zero-order valence-corrected chi connectivity index (χ0v) is 8.36. The summed E-state index contributed by atoms with van der Waals surface area (Å²) < 4.78 is 0. The van der Waals surface area contributed by atoms with Gasteiger partial charge in [-0.1, -0.05) is 0 Å². The van der Waals surface area contributed by atoms with Crippen LogP contribution < -0.4 is 5.73 Å². The average molecular weight is 184 g/mol. The molecule has 0 spiro atoms. The lowest BCUT2D eigenvalue weighted by Crippen LogP contribution is -2.42. The van der Waals surface area contributed by atoms with Crippen LogP contribution >= 0.6 is 11.8 Å². The van der Waals surface area contributed by atoms with Crippen LogP contribution in [0.5, 0.6) is 0 Å². The number of hydrogen-bond donors (Lipinski definition) is 1. The number of rotatable bonds is 2. The topological polar surface area (TPSA) is 49.8 Å². The highest BCUT2D eigenvalue weighted by Gasteiger charge is 2.30. The monoisotopic (exact) mass is 184 g/mol. The van der Waals surface area contributed by atoms with Crippen LogP contribution in [0.15, 0.2) is 0 Å². The normalized spacial score (nSPS) is 35.9. The number of thioether (sulfide) groups is 1. The fourth-order valence-electron chi connectivity index (χ4n) is 1.71. The van der Waals surface area contributed by atoms with Gasteiger partial charge in [0.1, 0.15) is 5.54 Å². The van der Waals surface area contributed by atoms with Gasteiger partial charge in [0.15, 0.2) is 0 Å². The van der Waals surface area contributed by atoms with E-state index in [0.717, 1.165) is 31.6 Å². The summed E-state index contributed by atoms with van der Waals surface area (Å²) in [5, 5.41) is 8.79. The largest absolute Gasteiger partial charge is 0.313 e. The third kappa shape index (κ3) is 2.40. The molecule has 0 bridgehead atoms. The molecule has 0 amide bonds. The van der Waals surface area contributed by atoms with Crippen molar-refractivity contribution in [2.75, 3.05) is 12.0 Å². The van der Waals surface area contributed by atoms with Gasteiger partial charge in [0.25, 0.3) is 0 Å². The summed E-state index contributed by atoms with van der Waals surface area (Å²) in [5.41, 5.74) is 5.34. The molecule has 0 aromatic carbocycles. The van der Waals surface area contributed by atoms with E-state index in [1.54, 1.807) is 0 Å². The lowest BCUT2D eigenvalue weighted by Gasteiger charge is -2.31. The van der Waals surface area contributed by atoms with Crippen molar-refractivity contribution in [3.63, 3.8) is 0 Å². The molecule has 1 saturated carbocycles. The zero-order valence-electron chi connectivity index (χ0n) is 7.55. The summed E-state index contributed by atoms with van der Waals surface area (Å²) in [7, 11) is 0. The first-order valence-corrected chi connectivity index (χ1v) is 5.78. The number of nitrogens with zero attached hydrogens (tertiary/aromatic N) is 1. The Morgan fingerprint density at radius 1 is 1.58 bits per heavy atom. The smallest absolute Gasteiger partial charge is 0.104 e. The lowest BCUT2D eigenvalue weighted by atomic mass is 9.79. The van der Waals surface area contributed by atoms with E-state index < -0.39 is 5.54 Å².